The van der Waals surface area contributed by atoms with Gasteiger partial charge in [-0.3, -0.25) is 4.68 Å². The zero-order chi connectivity index (χ0) is 12.0. The van der Waals surface area contributed by atoms with Gasteiger partial charge in [-0.25, -0.2) is 0 Å². The Morgan fingerprint density at radius 1 is 1.50 bits per heavy atom. The first-order valence-corrected chi connectivity index (χ1v) is 7.13. The summed E-state index contributed by atoms with van der Waals surface area (Å²) < 4.78 is 2.06. The minimum atomic E-state index is 0.526. The summed E-state index contributed by atoms with van der Waals surface area (Å²) in [5.41, 5.74) is 2.46. The Morgan fingerprint density at radius 2 is 2.25 bits per heavy atom. The van der Waals surface area contributed by atoms with Crippen LogP contribution in [0.1, 0.15) is 32.0 Å². The quantitative estimate of drug-likeness (QED) is 0.744. The molecule has 3 nitrogen and oxygen atoms in total. The largest absolute Gasteiger partial charge is 0.310 e. The Bertz CT molecular complexity index is 307. The summed E-state index contributed by atoms with van der Waals surface area (Å²) in [5.74, 6) is 2.33. The maximum atomic E-state index is 4.52. The first kappa shape index (κ1) is 13.6. The Labute approximate surface area is 103 Å². The highest BCUT2D eigenvalue weighted by Crippen LogP contribution is 2.07. The lowest BCUT2D eigenvalue weighted by Crippen LogP contribution is -2.21. The van der Waals surface area contributed by atoms with Gasteiger partial charge in [-0.05, 0) is 12.7 Å². The van der Waals surface area contributed by atoms with E-state index >= 15 is 0 Å². The molecular weight excluding hydrogens is 218 g/mol. The highest BCUT2D eigenvalue weighted by molar-refractivity contribution is 7.99. The third-order valence-corrected chi connectivity index (χ3v) is 3.30. The topological polar surface area (TPSA) is 29.9 Å². The predicted octanol–water partition coefficient (Wildman–Crippen LogP) is 2.44. The van der Waals surface area contributed by atoms with Crippen LogP contribution in [0.2, 0.25) is 0 Å². The second kappa shape index (κ2) is 6.97. The van der Waals surface area contributed by atoms with E-state index in [2.05, 4.69) is 49.0 Å². The molecule has 0 saturated heterocycles. The Kier molecular flexibility index (Phi) is 5.91. The second-order valence-electron chi connectivity index (χ2n) is 4.24. The molecule has 0 saturated carbocycles. The van der Waals surface area contributed by atoms with Crippen molar-refractivity contribution in [1.82, 2.24) is 15.1 Å². The highest BCUT2D eigenvalue weighted by Gasteiger charge is 2.04. The van der Waals surface area contributed by atoms with Gasteiger partial charge < -0.3 is 5.32 Å². The van der Waals surface area contributed by atoms with Crippen molar-refractivity contribution in [2.45, 2.75) is 46.8 Å². The molecule has 0 unspecified atom stereocenters. The van der Waals surface area contributed by atoms with Gasteiger partial charge in [0, 0.05) is 36.6 Å². The van der Waals surface area contributed by atoms with E-state index in [-0.39, 0.29) is 0 Å². The maximum absolute atomic E-state index is 4.52. The lowest BCUT2D eigenvalue weighted by molar-refractivity contribution is 0.587. The molecule has 0 bridgehead atoms. The summed E-state index contributed by atoms with van der Waals surface area (Å²) in [6.45, 7) is 10.5. The number of nitrogens with zero attached hydrogens (tertiary/aromatic N) is 2. The summed E-state index contributed by atoms with van der Waals surface area (Å²) in [6.07, 6.45) is 2.17. The van der Waals surface area contributed by atoms with Crippen LogP contribution >= 0.6 is 11.8 Å². The molecule has 1 rings (SSSR count). The molecule has 4 heteroatoms. The molecule has 1 N–H and O–H groups in total. The van der Waals surface area contributed by atoms with Gasteiger partial charge in [0.2, 0.25) is 0 Å². The first-order valence-electron chi connectivity index (χ1n) is 5.97. The zero-order valence-electron chi connectivity index (χ0n) is 10.8. The SMILES string of the molecule is CCSCCn1cc(CNC(C)C)c(C)n1. The van der Waals surface area contributed by atoms with Gasteiger partial charge in [-0.15, -0.1) is 0 Å². The number of aromatic nitrogens is 2. The van der Waals surface area contributed by atoms with Crippen LogP contribution in [0.25, 0.3) is 0 Å². The molecule has 0 aliphatic rings. The van der Waals surface area contributed by atoms with Crippen molar-refractivity contribution in [3.8, 4) is 0 Å². The van der Waals surface area contributed by atoms with Crippen LogP contribution in [0.5, 0.6) is 0 Å². The number of thioether (sulfide) groups is 1. The lowest BCUT2D eigenvalue weighted by Gasteiger charge is -2.06. The van der Waals surface area contributed by atoms with Gasteiger partial charge in [0.05, 0.1) is 5.69 Å². The van der Waals surface area contributed by atoms with Crippen molar-refractivity contribution in [2.24, 2.45) is 0 Å². The van der Waals surface area contributed by atoms with Gasteiger partial charge in [0.25, 0.3) is 0 Å². The van der Waals surface area contributed by atoms with Gasteiger partial charge in [-0.2, -0.15) is 16.9 Å². The average molecular weight is 241 g/mol. The van der Waals surface area contributed by atoms with E-state index in [4.69, 9.17) is 0 Å². The smallest absolute Gasteiger partial charge is 0.0638 e. The fourth-order valence-electron chi connectivity index (χ4n) is 1.46. The third-order valence-electron chi connectivity index (χ3n) is 2.42. The van der Waals surface area contributed by atoms with Crippen LogP contribution in [-0.4, -0.2) is 27.3 Å². The van der Waals surface area contributed by atoms with Crippen LogP contribution < -0.4 is 5.32 Å². The van der Waals surface area contributed by atoms with Crippen LogP contribution in [0.4, 0.5) is 0 Å². The van der Waals surface area contributed by atoms with E-state index in [9.17, 15) is 0 Å². The summed E-state index contributed by atoms with van der Waals surface area (Å²) in [6, 6.07) is 0.526. The van der Waals surface area contributed by atoms with Gasteiger partial charge >= 0.3 is 0 Å². The average Bonchev–Trinajstić information content (AvgIpc) is 2.57. The summed E-state index contributed by atoms with van der Waals surface area (Å²) in [4.78, 5) is 0. The summed E-state index contributed by atoms with van der Waals surface area (Å²) >= 11 is 1.96. The lowest BCUT2D eigenvalue weighted by atomic mass is 10.2. The number of nitrogens with one attached hydrogen (secondary N) is 1. The molecule has 1 aromatic rings. The molecule has 0 aliphatic carbocycles. The Morgan fingerprint density at radius 3 is 2.88 bits per heavy atom. The van der Waals surface area contributed by atoms with Gasteiger partial charge in [-0.1, -0.05) is 20.8 Å². The van der Waals surface area contributed by atoms with Gasteiger partial charge in [0.1, 0.15) is 0 Å². The van der Waals surface area contributed by atoms with Crippen molar-refractivity contribution < 1.29 is 0 Å². The zero-order valence-corrected chi connectivity index (χ0v) is 11.6. The molecule has 16 heavy (non-hydrogen) atoms. The van der Waals surface area contributed by atoms with Crippen molar-refractivity contribution >= 4 is 11.8 Å². The molecular formula is C12H23N3S. The monoisotopic (exact) mass is 241 g/mol. The van der Waals surface area contributed by atoms with E-state index in [0.29, 0.717) is 6.04 Å². The third kappa shape index (κ3) is 4.58. The van der Waals surface area contributed by atoms with E-state index in [1.54, 1.807) is 0 Å². The molecule has 1 aromatic heterocycles. The molecule has 92 valence electrons. The number of hydrogen-bond donors (Lipinski definition) is 1. The van der Waals surface area contributed by atoms with Crippen LogP contribution in [0.15, 0.2) is 6.20 Å². The van der Waals surface area contributed by atoms with Gasteiger partial charge in [0.15, 0.2) is 0 Å². The van der Waals surface area contributed by atoms with Crippen molar-refractivity contribution in [2.75, 3.05) is 11.5 Å². The van der Waals surface area contributed by atoms with E-state index in [1.807, 2.05) is 11.8 Å². The second-order valence-corrected chi connectivity index (χ2v) is 5.63. The number of rotatable bonds is 7. The molecule has 1 heterocycles. The fraction of sp³-hybridized carbons (Fsp3) is 0.750. The van der Waals surface area contributed by atoms with E-state index in [1.165, 1.54) is 11.3 Å². The molecule has 0 aliphatic heterocycles. The number of aryl methyl sites for hydroxylation is 2. The highest BCUT2D eigenvalue weighted by atomic mass is 32.2. The summed E-state index contributed by atoms with van der Waals surface area (Å²) in [7, 11) is 0. The molecule has 0 spiro atoms. The minimum Gasteiger partial charge on any atom is -0.310 e. The van der Waals surface area contributed by atoms with E-state index < -0.39 is 0 Å². The normalized spacial score (nSPS) is 11.3. The first-order chi connectivity index (χ1) is 7.63. The molecule has 0 atom stereocenters. The molecule has 0 radical (unpaired) electrons. The minimum absolute atomic E-state index is 0.526. The van der Waals surface area contributed by atoms with Crippen LogP contribution in [0, 0.1) is 6.92 Å². The molecule has 0 aromatic carbocycles. The van der Waals surface area contributed by atoms with E-state index in [0.717, 1.165) is 24.5 Å². The summed E-state index contributed by atoms with van der Waals surface area (Å²) in [5, 5.41) is 7.95. The fourth-order valence-corrected chi connectivity index (χ4v) is 2.07. The van der Waals surface area contributed by atoms with Crippen molar-refractivity contribution in [3.63, 3.8) is 0 Å². The predicted molar refractivity (Wildman–Crippen MR) is 71.9 cm³/mol. The van der Waals surface area contributed by atoms with Crippen molar-refractivity contribution in [1.29, 1.82) is 0 Å². The molecule has 0 fully saturated rings. The Balaban J connectivity index is 2.46. The standard InChI is InChI=1S/C12H23N3S/c1-5-16-7-6-15-9-12(11(4)14-15)8-13-10(2)3/h9-10,13H,5-8H2,1-4H3. The van der Waals surface area contributed by atoms with Crippen LogP contribution in [0.3, 0.4) is 0 Å². The molecule has 0 amide bonds. The Hall–Kier alpha value is -0.480. The maximum Gasteiger partial charge on any atom is 0.0638 e. The number of hydrogen-bond acceptors (Lipinski definition) is 3. The van der Waals surface area contributed by atoms with Crippen LogP contribution in [-0.2, 0) is 13.1 Å². The van der Waals surface area contributed by atoms with Crippen molar-refractivity contribution in [3.05, 3.63) is 17.5 Å².